The molecule has 0 bridgehead atoms. The predicted molar refractivity (Wildman–Crippen MR) is 81.0 cm³/mol. The topological polar surface area (TPSA) is 22.1 Å². The summed E-state index contributed by atoms with van der Waals surface area (Å²) in [4.78, 5) is 4.45. The van der Waals surface area contributed by atoms with E-state index in [9.17, 15) is 0 Å². The van der Waals surface area contributed by atoms with Gasteiger partial charge in [0.05, 0.1) is 10.5 Å². The van der Waals surface area contributed by atoms with Crippen molar-refractivity contribution in [3.63, 3.8) is 0 Å². The van der Waals surface area contributed by atoms with Crippen LogP contribution < -0.4 is 4.74 Å². The van der Waals surface area contributed by atoms with Crippen LogP contribution in [0.5, 0.6) is 11.6 Å². The molecule has 0 atom stereocenters. The second-order valence-electron chi connectivity index (χ2n) is 4.02. The first-order chi connectivity index (χ1) is 9.22. The normalized spacial score (nSPS) is 10.6. The highest BCUT2D eigenvalue weighted by molar-refractivity contribution is 9.10. The Morgan fingerprint density at radius 3 is 2.74 bits per heavy atom. The fourth-order valence-electron chi connectivity index (χ4n) is 1.77. The Morgan fingerprint density at radius 2 is 1.84 bits per heavy atom. The standard InChI is InChI=1S/C15H9BrClNO/c16-11-6-7-12(17)14(9-11)19-15-8-5-10-3-1-2-4-13(10)18-15/h1-9H. The smallest absolute Gasteiger partial charge is 0.219 e. The number of hydrogen-bond donors (Lipinski definition) is 0. The molecule has 0 aliphatic carbocycles. The maximum absolute atomic E-state index is 6.09. The lowest BCUT2D eigenvalue weighted by molar-refractivity contribution is 0.465. The summed E-state index contributed by atoms with van der Waals surface area (Å²) in [6, 6.07) is 17.2. The molecule has 0 saturated heterocycles. The van der Waals surface area contributed by atoms with Crippen LogP contribution in [-0.2, 0) is 0 Å². The third-order valence-electron chi connectivity index (χ3n) is 2.68. The zero-order valence-corrected chi connectivity index (χ0v) is 12.1. The van der Waals surface area contributed by atoms with E-state index in [1.807, 2.05) is 48.5 Å². The Balaban J connectivity index is 1.98. The molecule has 0 spiro atoms. The van der Waals surface area contributed by atoms with E-state index in [1.54, 1.807) is 6.07 Å². The molecule has 4 heteroatoms. The summed E-state index contributed by atoms with van der Waals surface area (Å²) in [6.07, 6.45) is 0. The van der Waals surface area contributed by atoms with E-state index < -0.39 is 0 Å². The first kappa shape index (κ1) is 12.5. The number of hydrogen-bond acceptors (Lipinski definition) is 2. The van der Waals surface area contributed by atoms with Crippen LogP contribution in [0.3, 0.4) is 0 Å². The fraction of sp³-hybridized carbons (Fsp3) is 0. The number of aromatic nitrogens is 1. The molecule has 0 aliphatic rings. The van der Waals surface area contributed by atoms with Gasteiger partial charge in [-0.2, -0.15) is 0 Å². The highest BCUT2D eigenvalue weighted by atomic mass is 79.9. The fourth-order valence-corrected chi connectivity index (χ4v) is 2.27. The molecule has 0 radical (unpaired) electrons. The van der Waals surface area contributed by atoms with Gasteiger partial charge in [0, 0.05) is 15.9 Å². The number of rotatable bonds is 2. The van der Waals surface area contributed by atoms with Gasteiger partial charge in [0.2, 0.25) is 5.88 Å². The number of ether oxygens (including phenoxy) is 1. The van der Waals surface area contributed by atoms with Crippen molar-refractivity contribution in [2.75, 3.05) is 0 Å². The number of halogens is 2. The first-order valence-electron chi connectivity index (χ1n) is 5.71. The van der Waals surface area contributed by atoms with Crippen LogP contribution in [0.15, 0.2) is 59.1 Å². The Labute approximate surface area is 124 Å². The van der Waals surface area contributed by atoms with Crippen LogP contribution in [0.2, 0.25) is 5.02 Å². The van der Waals surface area contributed by atoms with E-state index in [0.717, 1.165) is 15.4 Å². The summed E-state index contributed by atoms with van der Waals surface area (Å²) < 4.78 is 6.63. The van der Waals surface area contributed by atoms with Crippen molar-refractivity contribution in [1.29, 1.82) is 0 Å². The molecule has 0 amide bonds. The number of pyridine rings is 1. The van der Waals surface area contributed by atoms with Crippen molar-refractivity contribution >= 4 is 38.4 Å². The molecule has 1 aromatic heterocycles. The van der Waals surface area contributed by atoms with Crippen LogP contribution in [0.1, 0.15) is 0 Å². The molecule has 1 heterocycles. The first-order valence-corrected chi connectivity index (χ1v) is 6.88. The summed E-state index contributed by atoms with van der Waals surface area (Å²) in [5, 5.41) is 1.63. The van der Waals surface area contributed by atoms with E-state index >= 15 is 0 Å². The van der Waals surface area contributed by atoms with Gasteiger partial charge in [0.25, 0.3) is 0 Å². The highest BCUT2D eigenvalue weighted by Crippen LogP contribution is 2.31. The number of nitrogens with zero attached hydrogens (tertiary/aromatic N) is 1. The molecule has 3 aromatic rings. The van der Waals surface area contributed by atoms with E-state index in [4.69, 9.17) is 16.3 Å². The van der Waals surface area contributed by atoms with Crippen LogP contribution in [0.4, 0.5) is 0 Å². The van der Waals surface area contributed by atoms with E-state index in [0.29, 0.717) is 16.7 Å². The summed E-state index contributed by atoms with van der Waals surface area (Å²) in [6.45, 7) is 0. The monoisotopic (exact) mass is 333 g/mol. The second-order valence-corrected chi connectivity index (χ2v) is 5.34. The summed E-state index contributed by atoms with van der Waals surface area (Å²) in [7, 11) is 0. The molecular formula is C15H9BrClNO. The molecule has 0 fully saturated rings. The molecule has 19 heavy (non-hydrogen) atoms. The number of benzene rings is 2. The molecule has 0 unspecified atom stereocenters. The van der Waals surface area contributed by atoms with Crippen LogP contribution in [0.25, 0.3) is 10.9 Å². The molecule has 0 N–H and O–H groups in total. The highest BCUT2D eigenvalue weighted by Gasteiger charge is 2.05. The number of fused-ring (bicyclic) bond motifs is 1. The lowest BCUT2D eigenvalue weighted by Gasteiger charge is -2.07. The third-order valence-corrected chi connectivity index (χ3v) is 3.49. The van der Waals surface area contributed by atoms with Crippen LogP contribution in [0, 0.1) is 0 Å². The van der Waals surface area contributed by atoms with Gasteiger partial charge in [-0.1, -0.05) is 45.7 Å². The Morgan fingerprint density at radius 1 is 1.00 bits per heavy atom. The van der Waals surface area contributed by atoms with E-state index in [2.05, 4.69) is 20.9 Å². The summed E-state index contributed by atoms with van der Waals surface area (Å²) in [5.41, 5.74) is 0.895. The lowest BCUT2D eigenvalue weighted by Crippen LogP contribution is -1.89. The average Bonchev–Trinajstić information content (AvgIpc) is 2.43. The Kier molecular flexibility index (Phi) is 3.40. The van der Waals surface area contributed by atoms with Gasteiger partial charge in [-0.3, -0.25) is 0 Å². The van der Waals surface area contributed by atoms with Gasteiger partial charge in [0.1, 0.15) is 5.75 Å². The van der Waals surface area contributed by atoms with Crippen molar-refractivity contribution in [3.05, 3.63) is 64.1 Å². The van der Waals surface area contributed by atoms with Crippen molar-refractivity contribution in [2.24, 2.45) is 0 Å². The largest absolute Gasteiger partial charge is 0.437 e. The van der Waals surface area contributed by atoms with E-state index in [-0.39, 0.29) is 0 Å². The quantitative estimate of drug-likeness (QED) is 0.622. The van der Waals surface area contributed by atoms with Crippen molar-refractivity contribution in [1.82, 2.24) is 4.98 Å². The minimum absolute atomic E-state index is 0.527. The summed E-state index contributed by atoms with van der Waals surface area (Å²) in [5.74, 6) is 1.11. The van der Waals surface area contributed by atoms with Gasteiger partial charge >= 0.3 is 0 Å². The van der Waals surface area contributed by atoms with Gasteiger partial charge in [0.15, 0.2) is 0 Å². The predicted octanol–water partition coefficient (Wildman–Crippen LogP) is 5.44. The van der Waals surface area contributed by atoms with Crippen LogP contribution >= 0.6 is 27.5 Å². The minimum atomic E-state index is 0.527. The van der Waals surface area contributed by atoms with Crippen molar-refractivity contribution in [2.45, 2.75) is 0 Å². The van der Waals surface area contributed by atoms with Crippen LogP contribution in [-0.4, -0.2) is 4.98 Å². The lowest BCUT2D eigenvalue weighted by atomic mass is 10.2. The molecule has 94 valence electrons. The molecule has 2 aromatic carbocycles. The summed E-state index contributed by atoms with van der Waals surface area (Å²) >= 11 is 9.48. The average molecular weight is 335 g/mol. The molecule has 0 aliphatic heterocycles. The minimum Gasteiger partial charge on any atom is -0.437 e. The maximum Gasteiger partial charge on any atom is 0.219 e. The van der Waals surface area contributed by atoms with E-state index in [1.165, 1.54) is 0 Å². The Hall–Kier alpha value is -1.58. The molecule has 0 saturated carbocycles. The molecule has 2 nitrogen and oxygen atoms in total. The zero-order chi connectivity index (χ0) is 13.2. The van der Waals surface area contributed by atoms with Gasteiger partial charge in [-0.25, -0.2) is 4.98 Å². The van der Waals surface area contributed by atoms with Crippen molar-refractivity contribution in [3.8, 4) is 11.6 Å². The third kappa shape index (κ3) is 2.72. The van der Waals surface area contributed by atoms with Gasteiger partial charge in [-0.05, 0) is 30.3 Å². The van der Waals surface area contributed by atoms with Gasteiger partial charge < -0.3 is 4.74 Å². The molecular weight excluding hydrogens is 326 g/mol. The second kappa shape index (κ2) is 5.19. The maximum atomic E-state index is 6.09. The Bertz CT molecular complexity index is 745. The molecule has 3 rings (SSSR count). The number of para-hydroxylation sites is 1. The van der Waals surface area contributed by atoms with Gasteiger partial charge in [-0.15, -0.1) is 0 Å². The van der Waals surface area contributed by atoms with Crippen molar-refractivity contribution < 1.29 is 4.74 Å². The zero-order valence-electron chi connectivity index (χ0n) is 9.81. The SMILES string of the molecule is Clc1ccc(Br)cc1Oc1ccc2ccccc2n1.